The minimum absolute atomic E-state index is 0.0343. The zero-order valence-corrected chi connectivity index (χ0v) is 12.5. The Hall–Kier alpha value is -1.62. The third-order valence-corrected chi connectivity index (χ3v) is 3.50. The molecule has 2 N–H and O–H groups in total. The van der Waals surface area contributed by atoms with Crippen LogP contribution in [0, 0.1) is 0 Å². The van der Waals surface area contributed by atoms with Crippen molar-refractivity contribution in [2.24, 2.45) is 5.73 Å². The molecule has 1 aliphatic rings. The van der Waals surface area contributed by atoms with Crippen molar-refractivity contribution in [2.45, 2.75) is 32.2 Å². The summed E-state index contributed by atoms with van der Waals surface area (Å²) in [7, 11) is 0. The molecule has 1 aromatic carbocycles. The van der Waals surface area contributed by atoms with E-state index in [-0.39, 0.29) is 17.5 Å². The Morgan fingerprint density at radius 1 is 1.45 bits per heavy atom. The molecule has 4 nitrogen and oxygen atoms in total. The van der Waals surface area contributed by atoms with Crippen LogP contribution in [0.4, 0.5) is 0 Å². The Kier molecular flexibility index (Phi) is 4.95. The van der Waals surface area contributed by atoms with Crippen molar-refractivity contribution in [1.29, 1.82) is 0 Å². The van der Waals surface area contributed by atoms with Gasteiger partial charge in [-0.15, -0.1) is 0 Å². The second-order valence-electron chi connectivity index (χ2n) is 4.97. The molecule has 0 atom stereocenters. The predicted octanol–water partition coefficient (Wildman–Crippen LogP) is 2.10. The molecule has 1 fully saturated rings. The molecule has 108 valence electrons. The number of hydrogen-bond donors (Lipinski definition) is 1. The Labute approximate surface area is 124 Å². The molecule has 0 spiro atoms. The number of ether oxygens (including phenoxy) is 1. The zero-order chi connectivity index (χ0) is 14.5. The topological polar surface area (TPSA) is 55.6 Å². The number of hydrogen-bond acceptors (Lipinski definition) is 3. The van der Waals surface area contributed by atoms with Gasteiger partial charge in [0.1, 0.15) is 10.7 Å². The van der Waals surface area contributed by atoms with Gasteiger partial charge < -0.3 is 15.4 Å². The normalized spacial score (nSPS) is 13.8. The predicted molar refractivity (Wildman–Crippen MR) is 82.9 cm³/mol. The van der Waals surface area contributed by atoms with Gasteiger partial charge in [0, 0.05) is 12.6 Å². The molecule has 0 saturated heterocycles. The fraction of sp³-hybridized carbons (Fsp3) is 0.467. The largest absolute Gasteiger partial charge is 0.483 e. The van der Waals surface area contributed by atoms with E-state index in [1.807, 2.05) is 17.0 Å². The number of thiocarbonyl (C=S) groups is 1. The number of carbonyl (C=O) groups excluding carboxylic acids is 1. The lowest BCUT2D eigenvalue weighted by molar-refractivity contribution is -0.134. The van der Waals surface area contributed by atoms with E-state index in [9.17, 15) is 4.79 Å². The number of nitrogens with zero attached hydrogens (tertiary/aromatic N) is 1. The molecule has 0 unspecified atom stereocenters. The number of rotatable bonds is 7. The van der Waals surface area contributed by atoms with Gasteiger partial charge in [0.2, 0.25) is 0 Å². The van der Waals surface area contributed by atoms with E-state index in [2.05, 4.69) is 6.92 Å². The van der Waals surface area contributed by atoms with Crippen LogP contribution in [0.3, 0.4) is 0 Å². The van der Waals surface area contributed by atoms with Crippen molar-refractivity contribution in [3.8, 4) is 5.75 Å². The van der Waals surface area contributed by atoms with Crippen LogP contribution in [0.2, 0.25) is 0 Å². The Morgan fingerprint density at radius 3 is 2.75 bits per heavy atom. The van der Waals surface area contributed by atoms with E-state index in [0.29, 0.717) is 17.4 Å². The van der Waals surface area contributed by atoms with Gasteiger partial charge in [-0.2, -0.15) is 0 Å². The summed E-state index contributed by atoms with van der Waals surface area (Å²) in [6, 6.07) is 7.68. The summed E-state index contributed by atoms with van der Waals surface area (Å²) in [6.45, 7) is 2.91. The summed E-state index contributed by atoms with van der Waals surface area (Å²) in [4.78, 5) is 14.4. The van der Waals surface area contributed by atoms with Crippen molar-refractivity contribution < 1.29 is 9.53 Å². The highest BCUT2D eigenvalue weighted by Crippen LogP contribution is 2.27. The van der Waals surface area contributed by atoms with E-state index in [1.54, 1.807) is 12.1 Å². The van der Waals surface area contributed by atoms with Crippen LogP contribution in [-0.2, 0) is 4.79 Å². The molecule has 0 aromatic heterocycles. The summed E-state index contributed by atoms with van der Waals surface area (Å²) in [5.41, 5.74) is 6.31. The van der Waals surface area contributed by atoms with Gasteiger partial charge in [0.05, 0.1) is 5.56 Å². The summed E-state index contributed by atoms with van der Waals surface area (Å²) < 4.78 is 5.61. The van der Waals surface area contributed by atoms with Gasteiger partial charge >= 0.3 is 0 Å². The molecular formula is C15H20N2O2S. The lowest BCUT2D eigenvalue weighted by atomic mass is 10.2. The Bertz CT molecular complexity index is 500. The van der Waals surface area contributed by atoms with Gasteiger partial charge in [-0.25, -0.2) is 0 Å². The first kappa shape index (κ1) is 14.8. The molecule has 5 heteroatoms. The van der Waals surface area contributed by atoms with Gasteiger partial charge in [0.25, 0.3) is 5.91 Å². The first-order valence-electron chi connectivity index (χ1n) is 6.94. The second kappa shape index (κ2) is 6.70. The van der Waals surface area contributed by atoms with Gasteiger partial charge in [0.15, 0.2) is 6.61 Å². The third kappa shape index (κ3) is 3.70. The van der Waals surface area contributed by atoms with E-state index in [0.717, 1.165) is 25.8 Å². The summed E-state index contributed by atoms with van der Waals surface area (Å²) in [5, 5.41) is 0. The molecule has 20 heavy (non-hydrogen) atoms. The summed E-state index contributed by atoms with van der Waals surface area (Å²) >= 11 is 4.98. The Balaban J connectivity index is 1.97. The first-order chi connectivity index (χ1) is 9.63. The average molecular weight is 292 g/mol. The first-order valence-corrected chi connectivity index (χ1v) is 7.35. The minimum Gasteiger partial charge on any atom is -0.483 e. The maximum absolute atomic E-state index is 12.2. The molecule has 1 saturated carbocycles. The molecular weight excluding hydrogens is 272 g/mol. The molecule has 0 heterocycles. The van der Waals surface area contributed by atoms with E-state index in [1.165, 1.54) is 0 Å². The number of para-hydroxylation sites is 1. The van der Waals surface area contributed by atoms with Crippen molar-refractivity contribution in [2.75, 3.05) is 13.2 Å². The average Bonchev–Trinajstić information content (AvgIpc) is 3.26. The summed E-state index contributed by atoms with van der Waals surface area (Å²) in [5.74, 6) is 0.604. The number of amides is 1. The van der Waals surface area contributed by atoms with Crippen molar-refractivity contribution in [3.63, 3.8) is 0 Å². The van der Waals surface area contributed by atoms with Crippen LogP contribution in [-0.4, -0.2) is 35.0 Å². The highest BCUT2D eigenvalue weighted by Gasteiger charge is 2.31. The smallest absolute Gasteiger partial charge is 0.260 e. The molecule has 1 amide bonds. The molecule has 2 rings (SSSR count). The summed E-state index contributed by atoms with van der Waals surface area (Å²) in [6.07, 6.45) is 3.18. The maximum Gasteiger partial charge on any atom is 0.260 e. The zero-order valence-electron chi connectivity index (χ0n) is 11.7. The van der Waals surface area contributed by atoms with Crippen LogP contribution < -0.4 is 10.5 Å². The standard InChI is InChI=1S/C15H20N2O2S/c1-2-9-17(11-7-8-11)14(18)10-19-13-6-4-3-5-12(13)15(16)20/h3-6,11H,2,7-10H2,1H3,(H2,16,20). The fourth-order valence-corrected chi connectivity index (χ4v) is 2.33. The minimum atomic E-state index is 0.0343. The van der Waals surface area contributed by atoms with E-state index >= 15 is 0 Å². The quantitative estimate of drug-likeness (QED) is 0.782. The molecule has 1 aliphatic carbocycles. The number of carbonyl (C=O) groups is 1. The molecule has 0 aliphatic heterocycles. The van der Waals surface area contributed by atoms with Crippen LogP contribution in [0.5, 0.6) is 5.75 Å². The van der Waals surface area contributed by atoms with Crippen molar-refractivity contribution in [3.05, 3.63) is 29.8 Å². The molecule has 0 bridgehead atoms. The number of benzene rings is 1. The number of nitrogens with two attached hydrogens (primary N) is 1. The van der Waals surface area contributed by atoms with E-state index < -0.39 is 0 Å². The maximum atomic E-state index is 12.2. The van der Waals surface area contributed by atoms with Crippen LogP contribution in [0.1, 0.15) is 31.7 Å². The third-order valence-electron chi connectivity index (χ3n) is 3.28. The van der Waals surface area contributed by atoms with Gasteiger partial charge in [-0.1, -0.05) is 31.3 Å². The highest BCUT2D eigenvalue weighted by molar-refractivity contribution is 7.80. The van der Waals surface area contributed by atoms with Crippen LogP contribution >= 0.6 is 12.2 Å². The Morgan fingerprint density at radius 2 is 2.15 bits per heavy atom. The van der Waals surface area contributed by atoms with Crippen LogP contribution in [0.25, 0.3) is 0 Å². The lowest BCUT2D eigenvalue weighted by Crippen LogP contribution is -2.37. The molecule has 0 radical (unpaired) electrons. The molecule has 1 aromatic rings. The lowest BCUT2D eigenvalue weighted by Gasteiger charge is -2.22. The monoisotopic (exact) mass is 292 g/mol. The van der Waals surface area contributed by atoms with Crippen molar-refractivity contribution >= 4 is 23.1 Å². The van der Waals surface area contributed by atoms with Crippen molar-refractivity contribution in [1.82, 2.24) is 4.90 Å². The SMILES string of the molecule is CCCN(C(=O)COc1ccccc1C(N)=S)C1CC1. The van der Waals surface area contributed by atoms with Crippen LogP contribution in [0.15, 0.2) is 24.3 Å². The second-order valence-corrected chi connectivity index (χ2v) is 5.41. The fourth-order valence-electron chi connectivity index (χ4n) is 2.16. The van der Waals surface area contributed by atoms with E-state index in [4.69, 9.17) is 22.7 Å². The highest BCUT2D eigenvalue weighted by atomic mass is 32.1. The van der Waals surface area contributed by atoms with Gasteiger partial charge in [-0.05, 0) is 31.4 Å². The van der Waals surface area contributed by atoms with Gasteiger partial charge in [-0.3, -0.25) is 4.79 Å².